The summed E-state index contributed by atoms with van der Waals surface area (Å²) >= 11 is 5.26. The maximum atomic E-state index is 5.26. The third-order valence-corrected chi connectivity index (χ3v) is 4.00. The van der Waals surface area contributed by atoms with Crippen molar-refractivity contribution in [3.63, 3.8) is 0 Å². The Morgan fingerprint density at radius 2 is 2.00 bits per heavy atom. The molecule has 16 heavy (non-hydrogen) atoms. The number of nitrogens with zero attached hydrogens (tertiary/aromatic N) is 1. The smallest absolute Gasteiger partial charge is 0.129 e. The predicted octanol–water partition coefficient (Wildman–Crippen LogP) is 3.75. The van der Waals surface area contributed by atoms with Crippen LogP contribution in [0.2, 0.25) is 0 Å². The van der Waals surface area contributed by atoms with E-state index in [9.17, 15) is 0 Å². The number of nitrogens with one attached hydrogen (secondary N) is 1. The summed E-state index contributed by atoms with van der Waals surface area (Å²) in [5, 5.41) is 0. The molecule has 2 aliphatic rings. The Kier molecular flexibility index (Phi) is 2.80. The van der Waals surface area contributed by atoms with Crippen LogP contribution >= 0.6 is 12.2 Å². The van der Waals surface area contributed by atoms with Gasteiger partial charge in [-0.25, -0.2) is 4.98 Å². The minimum Gasteiger partial charge on any atom is -0.347 e. The van der Waals surface area contributed by atoms with Gasteiger partial charge in [-0.3, -0.25) is 0 Å². The molecule has 3 rings (SSSR count). The van der Waals surface area contributed by atoms with Gasteiger partial charge in [0, 0.05) is 12.1 Å². The molecule has 1 heterocycles. The van der Waals surface area contributed by atoms with Crippen molar-refractivity contribution in [1.29, 1.82) is 0 Å². The van der Waals surface area contributed by atoms with Gasteiger partial charge in [-0.2, -0.15) is 0 Å². The van der Waals surface area contributed by atoms with Gasteiger partial charge < -0.3 is 4.98 Å². The van der Waals surface area contributed by atoms with Crippen LogP contribution in [-0.2, 0) is 6.42 Å². The molecule has 0 unspecified atom stereocenters. The summed E-state index contributed by atoms with van der Waals surface area (Å²) in [4.78, 5) is 7.97. The highest BCUT2D eigenvalue weighted by atomic mass is 32.1. The van der Waals surface area contributed by atoms with E-state index in [1.165, 1.54) is 44.2 Å². The zero-order chi connectivity index (χ0) is 11.0. The second-order valence-corrected chi connectivity index (χ2v) is 5.67. The molecule has 2 saturated carbocycles. The maximum absolute atomic E-state index is 5.26. The quantitative estimate of drug-likeness (QED) is 0.807. The normalized spacial score (nSPS) is 21.5. The lowest BCUT2D eigenvalue weighted by Crippen LogP contribution is -2.04. The van der Waals surface area contributed by atoms with Gasteiger partial charge in [0.2, 0.25) is 0 Å². The van der Waals surface area contributed by atoms with E-state index in [2.05, 4.69) is 16.0 Å². The van der Waals surface area contributed by atoms with E-state index < -0.39 is 0 Å². The predicted molar refractivity (Wildman–Crippen MR) is 67.1 cm³/mol. The topological polar surface area (TPSA) is 28.7 Å². The Balaban J connectivity index is 1.85. The molecule has 86 valence electrons. The molecule has 0 radical (unpaired) electrons. The molecule has 2 nitrogen and oxygen atoms in total. The van der Waals surface area contributed by atoms with Gasteiger partial charge >= 0.3 is 0 Å². The first-order chi connectivity index (χ1) is 7.81. The minimum absolute atomic E-state index is 0.711. The SMILES string of the molecule is S=c1cc(C2CCCC2)[nH]c(CC2CC2)n1. The molecule has 0 aliphatic heterocycles. The van der Waals surface area contributed by atoms with E-state index in [4.69, 9.17) is 12.2 Å². The first kappa shape index (κ1) is 10.5. The van der Waals surface area contributed by atoms with Gasteiger partial charge in [-0.1, -0.05) is 25.1 Å². The second-order valence-electron chi connectivity index (χ2n) is 5.25. The summed E-state index contributed by atoms with van der Waals surface area (Å²) in [5.41, 5.74) is 1.34. The first-order valence-corrected chi connectivity index (χ1v) is 6.82. The van der Waals surface area contributed by atoms with Crippen molar-refractivity contribution >= 4 is 12.2 Å². The second kappa shape index (κ2) is 4.28. The molecule has 0 bridgehead atoms. The van der Waals surface area contributed by atoms with Crippen molar-refractivity contribution in [3.05, 3.63) is 22.2 Å². The van der Waals surface area contributed by atoms with Crippen LogP contribution in [0.3, 0.4) is 0 Å². The van der Waals surface area contributed by atoms with E-state index in [1.54, 1.807) is 0 Å². The molecular weight excluding hydrogens is 216 g/mol. The third kappa shape index (κ3) is 2.34. The van der Waals surface area contributed by atoms with E-state index in [1.807, 2.05) is 0 Å². The van der Waals surface area contributed by atoms with Gasteiger partial charge in [0.15, 0.2) is 0 Å². The van der Waals surface area contributed by atoms with Crippen LogP contribution in [0.25, 0.3) is 0 Å². The summed E-state index contributed by atoms with van der Waals surface area (Å²) in [6, 6.07) is 2.07. The molecule has 1 aromatic heterocycles. The maximum Gasteiger partial charge on any atom is 0.129 e. The molecule has 0 aromatic carbocycles. The lowest BCUT2D eigenvalue weighted by Gasteiger charge is -2.11. The molecule has 2 aliphatic carbocycles. The highest BCUT2D eigenvalue weighted by Crippen LogP contribution is 2.34. The number of hydrogen-bond acceptors (Lipinski definition) is 2. The van der Waals surface area contributed by atoms with Crippen molar-refractivity contribution in [3.8, 4) is 0 Å². The molecule has 3 heteroatoms. The number of H-pyrrole nitrogens is 1. The van der Waals surface area contributed by atoms with E-state index in [0.29, 0.717) is 5.92 Å². The van der Waals surface area contributed by atoms with Gasteiger partial charge in [-0.15, -0.1) is 0 Å². The largest absolute Gasteiger partial charge is 0.347 e. The summed E-state index contributed by atoms with van der Waals surface area (Å²) < 4.78 is 0.774. The van der Waals surface area contributed by atoms with Gasteiger partial charge in [0.25, 0.3) is 0 Å². The molecule has 2 fully saturated rings. The fourth-order valence-corrected chi connectivity index (χ4v) is 2.91. The average Bonchev–Trinajstić information content (AvgIpc) is 2.90. The lowest BCUT2D eigenvalue weighted by molar-refractivity contribution is 0.671. The molecule has 0 amide bonds. The standard InChI is InChI=1S/C13H18N2S/c16-13-8-11(10-3-1-2-4-10)14-12(15-13)7-9-5-6-9/h8-10H,1-7H2,(H,14,15,16). The molecule has 1 N–H and O–H groups in total. The highest BCUT2D eigenvalue weighted by Gasteiger charge is 2.23. The average molecular weight is 234 g/mol. The Bertz CT molecular complexity index is 428. The van der Waals surface area contributed by atoms with E-state index in [0.717, 1.165) is 22.8 Å². The monoisotopic (exact) mass is 234 g/mol. The van der Waals surface area contributed by atoms with E-state index in [-0.39, 0.29) is 0 Å². The van der Waals surface area contributed by atoms with Crippen molar-refractivity contribution in [2.45, 2.75) is 50.9 Å². The summed E-state index contributed by atoms with van der Waals surface area (Å²) in [6.07, 6.45) is 9.21. The summed E-state index contributed by atoms with van der Waals surface area (Å²) in [7, 11) is 0. The number of rotatable bonds is 3. The van der Waals surface area contributed by atoms with Crippen molar-refractivity contribution in [2.24, 2.45) is 5.92 Å². The Labute approximate surface area is 102 Å². The van der Waals surface area contributed by atoms with Crippen LogP contribution in [0.1, 0.15) is 56.0 Å². The lowest BCUT2D eigenvalue weighted by atomic mass is 10.0. The molecule has 0 atom stereocenters. The Hall–Kier alpha value is -0.700. The van der Waals surface area contributed by atoms with Crippen LogP contribution in [0.15, 0.2) is 6.07 Å². The molecule has 1 aromatic rings. The van der Waals surface area contributed by atoms with Crippen LogP contribution < -0.4 is 0 Å². The van der Waals surface area contributed by atoms with Crippen LogP contribution in [-0.4, -0.2) is 9.97 Å². The van der Waals surface area contributed by atoms with E-state index >= 15 is 0 Å². The van der Waals surface area contributed by atoms with Crippen LogP contribution in [0, 0.1) is 10.6 Å². The molecule has 0 saturated heterocycles. The first-order valence-electron chi connectivity index (χ1n) is 6.41. The number of hydrogen-bond donors (Lipinski definition) is 1. The minimum atomic E-state index is 0.711. The summed E-state index contributed by atoms with van der Waals surface area (Å²) in [6.45, 7) is 0. The molecule has 0 spiro atoms. The van der Waals surface area contributed by atoms with Crippen molar-refractivity contribution in [2.75, 3.05) is 0 Å². The zero-order valence-electron chi connectivity index (χ0n) is 9.54. The van der Waals surface area contributed by atoms with Crippen molar-refractivity contribution < 1.29 is 0 Å². The number of aromatic nitrogens is 2. The van der Waals surface area contributed by atoms with Crippen molar-refractivity contribution in [1.82, 2.24) is 9.97 Å². The fourth-order valence-electron chi connectivity index (χ4n) is 2.68. The van der Waals surface area contributed by atoms with Gasteiger partial charge in [0.1, 0.15) is 10.5 Å². The highest BCUT2D eigenvalue weighted by molar-refractivity contribution is 7.71. The van der Waals surface area contributed by atoms with Gasteiger partial charge in [-0.05, 0) is 43.6 Å². The Morgan fingerprint density at radius 3 is 2.69 bits per heavy atom. The van der Waals surface area contributed by atoms with Gasteiger partial charge in [0.05, 0.1) is 0 Å². The van der Waals surface area contributed by atoms with Crippen LogP contribution in [0.5, 0.6) is 0 Å². The molecular formula is C13H18N2S. The summed E-state index contributed by atoms with van der Waals surface area (Å²) in [5.74, 6) is 2.71. The zero-order valence-corrected chi connectivity index (χ0v) is 10.4. The third-order valence-electron chi connectivity index (χ3n) is 3.79. The number of aromatic amines is 1. The van der Waals surface area contributed by atoms with Crippen LogP contribution in [0.4, 0.5) is 0 Å². The fraction of sp³-hybridized carbons (Fsp3) is 0.692. The Morgan fingerprint density at radius 1 is 1.25 bits per heavy atom.